The second-order valence-corrected chi connectivity index (χ2v) is 25.2. The molecule has 102 heavy (non-hydrogen) atoms. The number of aliphatic carboxylic acids is 1. The maximum Gasteiger partial charge on any atom is 0.339 e. The number of unbranched alkanes of at least 4 members (excludes halogenated alkanes) is 44. The van der Waals surface area contributed by atoms with Crippen LogP contribution >= 0.6 is 0 Å². The molecular formula is C79H154O23. The molecule has 608 valence electrons. The second-order valence-electron chi connectivity index (χ2n) is 25.2. The van der Waals surface area contributed by atoms with Crippen molar-refractivity contribution in [3.05, 3.63) is 0 Å². The Labute approximate surface area is 619 Å². The van der Waals surface area contributed by atoms with Gasteiger partial charge < -0.3 is 72.9 Å². The van der Waals surface area contributed by atoms with Crippen molar-refractivity contribution in [1.82, 2.24) is 0 Å². The summed E-state index contributed by atoms with van der Waals surface area (Å²) in [7, 11) is 0. The van der Waals surface area contributed by atoms with Crippen molar-refractivity contribution in [2.24, 2.45) is 0 Å². The van der Waals surface area contributed by atoms with Gasteiger partial charge in [0.1, 0.15) is 52.9 Å². The summed E-state index contributed by atoms with van der Waals surface area (Å²) in [6.45, 7) is 13.8. The number of carboxylic acid groups (broad SMARTS) is 1. The van der Waals surface area contributed by atoms with Gasteiger partial charge in [0.15, 0.2) is 6.79 Å². The van der Waals surface area contributed by atoms with Crippen LogP contribution in [0.4, 0.5) is 0 Å². The number of carbonyl (C=O) groups excluding carboxylic acids is 7. The van der Waals surface area contributed by atoms with E-state index in [0.29, 0.717) is 33.0 Å². The summed E-state index contributed by atoms with van der Waals surface area (Å²) in [5.41, 5.74) is 0. The SMILES string of the molecule is CCCCCCCCCCCCCCO.CCCCCCCCCCCCCCOC(=O)COCC(=O)O.CCCCCCCCCCCCCCOC(=O)COCC(=O)OCC.CCCCCCCCCCCCCCOC(=O)COCC(=O)OCO.CCO.CCO.O=C1COCC(=O)O1. The highest BCUT2D eigenvalue weighted by molar-refractivity contribution is 5.88. The lowest BCUT2D eigenvalue weighted by Gasteiger charge is -2.07. The van der Waals surface area contributed by atoms with Crippen molar-refractivity contribution in [3.8, 4) is 0 Å². The molecule has 5 N–H and O–H groups in total. The maximum atomic E-state index is 11.4. The lowest BCUT2D eigenvalue weighted by molar-refractivity contribution is -0.174. The molecule has 23 heteroatoms. The molecule has 0 unspecified atom stereocenters. The lowest BCUT2D eigenvalue weighted by Crippen LogP contribution is -2.28. The fourth-order valence-corrected chi connectivity index (χ4v) is 9.84. The third-order valence-corrected chi connectivity index (χ3v) is 15.3. The summed E-state index contributed by atoms with van der Waals surface area (Å²) < 4.78 is 46.9. The van der Waals surface area contributed by atoms with E-state index in [9.17, 15) is 38.4 Å². The molecule has 0 spiro atoms. The first kappa shape index (κ1) is 109. The van der Waals surface area contributed by atoms with Crippen molar-refractivity contribution >= 4 is 47.8 Å². The summed E-state index contributed by atoms with van der Waals surface area (Å²) in [6, 6.07) is 0. The zero-order valence-electron chi connectivity index (χ0n) is 65.8. The summed E-state index contributed by atoms with van der Waals surface area (Å²) >= 11 is 0. The van der Waals surface area contributed by atoms with Crippen molar-refractivity contribution < 1.29 is 111 Å². The standard InChI is InChI=1S/C20H38O5.C19H36O6.C18H34O5.C14H30O.C4H4O4.2C2H6O/c1-3-5-6-7-8-9-10-11-12-13-14-15-16-25-20(22)18-23-17-19(21)24-4-2;1-2-3-4-5-6-7-8-9-10-11-12-13-14-24-18(21)15-23-16-19(22)25-17-20;1-2-3-4-5-6-7-8-9-10-11-12-13-14-23-18(21)16-22-15-17(19)20;1-2-3-4-5-6-7-8-9-10-11-12-13-14-15;5-3-1-7-2-4(6)8-3;2*1-2-3/h3-18H2,1-2H3;20H,2-17H2,1H3;2-16H2,1H3,(H,19,20);15H,2-14H2,1H3;1-2H2;2*3H,2H2,1H3. The number of cyclic esters (lactones) is 2. The van der Waals surface area contributed by atoms with Crippen molar-refractivity contribution in [3.63, 3.8) is 0 Å². The number of rotatable bonds is 65. The second kappa shape index (κ2) is 101. The van der Waals surface area contributed by atoms with Crippen LogP contribution in [0.15, 0.2) is 0 Å². The van der Waals surface area contributed by atoms with E-state index in [1.807, 2.05) is 0 Å². The lowest BCUT2D eigenvalue weighted by atomic mass is 10.1. The van der Waals surface area contributed by atoms with E-state index in [0.717, 1.165) is 44.9 Å². The fourth-order valence-electron chi connectivity index (χ4n) is 9.84. The Morgan fingerprint density at radius 3 is 0.696 bits per heavy atom. The molecule has 0 atom stereocenters. The summed E-state index contributed by atoms with van der Waals surface area (Å²) in [5, 5.41) is 40.4. The molecule has 0 bridgehead atoms. The number of esters is 7. The predicted octanol–water partition coefficient (Wildman–Crippen LogP) is 16.6. The van der Waals surface area contributed by atoms with E-state index in [1.165, 1.54) is 263 Å². The molecule has 0 aromatic rings. The van der Waals surface area contributed by atoms with Gasteiger partial charge in [-0.1, -0.05) is 310 Å². The highest BCUT2D eigenvalue weighted by Crippen LogP contribution is 2.16. The molecule has 0 saturated carbocycles. The highest BCUT2D eigenvalue weighted by Gasteiger charge is 2.17. The molecule has 0 aliphatic carbocycles. The van der Waals surface area contributed by atoms with Crippen molar-refractivity contribution in [1.29, 1.82) is 0 Å². The molecule has 0 aromatic carbocycles. The van der Waals surface area contributed by atoms with E-state index in [2.05, 4.69) is 51.4 Å². The van der Waals surface area contributed by atoms with Gasteiger partial charge in [0.25, 0.3) is 0 Å². The quantitative estimate of drug-likeness (QED) is 0.0124. The predicted molar refractivity (Wildman–Crippen MR) is 402 cm³/mol. The Morgan fingerprint density at radius 2 is 0.500 bits per heavy atom. The average Bonchev–Trinajstić information content (AvgIpc) is 1.05. The van der Waals surface area contributed by atoms with Crippen LogP contribution in [-0.4, -0.2) is 179 Å². The molecule has 1 heterocycles. The minimum absolute atomic E-state index is 0.105. The van der Waals surface area contributed by atoms with E-state index in [4.69, 9.17) is 49.2 Å². The largest absolute Gasteiger partial charge is 0.480 e. The monoisotopic (exact) mass is 1470 g/mol. The van der Waals surface area contributed by atoms with Crippen LogP contribution in [0.2, 0.25) is 0 Å². The molecule has 1 aliphatic heterocycles. The van der Waals surface area contributed by atoms with Crippen LogP contribution in [0, 0.1) is 0 Å². The van der Waals surface area contributed by atoms with E-state index < -0.39 is 61.2 Å². The average molecular weight is 1470 g/mol. The van der Waals surface area contributed by atoms with Gasteiger partial charge in [-0.25, -0.2) is 38.4 Å². The molecule has 1 saturated heterocycles. The number of aliphatic hydroxyl groups is 4. The van der Waals surface area contributed by atoms with Gasteiger partial charge in [0.2, 0.25) is 0 Å². The Kier molecular flexibility index (Phi) is 107. The molecular weight excluding hydrogens is 1320 g/mol. The van der Waals surface area contributed by atoms with Crippen LogP contribution in [-0.2, 0) is 85.7 Å². The molecule has 1 fully saturated rings. The van der Waals surface area contributed by atoms with Crippen molar-refractivity contribution in [2.75, 3.05) is 106 Å². The minimum Gasteiger partial charge on any atom is -0.480 e. The maximum absolute atomic E-state index is 11.4. The van der Waals surface area contributed by atoms with Crippen LogP contribution < -0.4 is 0 Å². The third kappa shape index (κ3) is 114. The molecule has 1 rings (SSSR count). The molecule has 1 aliphatic rings. The summed E-state index contributed by atoms with van der Waals surface area (Å²) in [4.78, 5) is 86.2. The van der Waals surface area contributed by atoms with Gasteiger partial charge >= 0.3 is 47.8 Å². The topological polar surface area (TPSA) is 330 Å². The fraction of sp³-hybridized carbons (Fsp3) is 0.899. The third-order valence-electron chi connectivity index (χ3n) is 15.3. The number of carboxylic acids is 1. The van der Waals surface area contributed by atoms with E-state index in [1.54, 1.807) is 20.8 Å². The number of hydrogen-bond acceptors (Lipinski definition) is 22. The van der Waals surface area contributed by atoms with Crippen LogP contribution in [0.3, 0.4) is 0 Å². The Morgan fingerprint density at radius 1 is 0.294 bits per heavy atom. The van der Waals surface area contributed by atoms with E-state index >= 15 is 0 Å². The number of aliphatic hydroxyl groups excluding tert-OH is 4. The van der Waals surface area contributed by atoms with Gasteiger partial charge in [-0.15, -0.1) is 0 Å². The Bertz CT molecular complexity index is 1650. The highest BCUT2D eigenvalue weighted by atomic mass is 16.6. The van der Waals surface area contributed by atoms with Gasteiger partial charge in [0.05, 0.1) is 26.4 Å². The van der Waals surface area contributed by atoms with Gasteiger partial charge in [-0.3, -0.25) is 0 Å². The van der Waals surface area contributed by atoms with Gasteiger partial charge in [0, 0.05) is 19.8 Å². The number of carbonyl (C=O) groups is 8. The van der Waals surface area contributed by atoms with E-state index in [-0.39, 0.29) is 59.5 Å². The summed E-state index contributed by atoms with van der Waals surface area (Å²) in [6.07, 6.45) is 61.9. The minimum atomic E-state index is -1.08. The van der Waals surface area contributed by atoms with Crippen molar-refractivity contribution in [2.45, 2.75) is 357 Å². The first-order valence-electron chi connectivity index (χ1n) is 40.1. The number of hydrogen-bond donors (Lipinski definition) is 5. The van der Waals surface area contributed by atoms with Gasteiger partial charge in [-0.05, 0) is 46.5 Å². The first-order valence-corrected chi connectivity index (χ1v) is 40.1. The Hall–Kier alpha value is -4.36. The molecule has 23 nitrogen and oxygen atoms in total. The number of ether oxygens (including phenoxy) is 10. The smallest absolute Gasteiger partial charge is 0.339 e. The van der Waals surface area contributed by atoms with Crippen LogP contribution in [0.25, 0.3) is 0 Å². The summed E-state index contributed by atoms with van der Waals surface area (Å²) in [5.74, 6) is -4.88. The van der Waals surface area contributed by atoms with Crippen LogP contribution in [0.5, 0.6) is 0 Å². The zero-order valence-corrected chi connectivity index (χ0v) is 65.8. The Balaban J connectivity index is -0.000000285. The normalized spacial score (nSPS) is 11.2. The molecule has 0 radical (unpaired) electrons. The zero-order chi connectivity index (χ0) is 76.9. The first-order chi connectivity index (χ1) is 49.6. The molecule has 0 amide bonds. The van der Waals surface area contributed by atoms with Crippen LogP contribution in [0.1, 0.15) is 357 Å². The molecule has 0 aromatic heterocycles. The van der Waals surface area contributed by atoms with Gasteiger partial charge in [-0.2, -0.15) is 0 Å².